The monoisotopic (exact) mass is 403 g/mol. The van der Waals surface area contributed by atoms with E-state index in [-0.39, 0.29) is 5.91 Å². The van der Waals surface area contributed by atoms with Crippen molar-refractivity contribution in [3.8, 4) is 11.5 Å². The minimum absolute atomic E-state index is 0.196. The van der Waals surface area contributed by atoms with Gasteiger partial charge in [-0.25, -0.2) is 0 Å². The fourth-order valence-electron chi connectivity index (χ4n) is 3.25. The Balaban J connectivity index is 1.53. The fourth-order valence-corrected chi connectivity index (χ4v) is 3.25. The maximum absolute atomic E-state index is 12.5. The van der Waals surface area contributed by atoms with Crippen LogP contribution in [0.3, 0.4) is 0 Å². The van der Waals surface area contributed by atoms with Gasteiger partial charge in [0.2, 0.25) is 0 Å². The second kappa shape index (κ2) is 9.97. The van der Waals surface area contributed by atoms with E-state index in [0.29, 0.717) is 24.0 Å². The lowest BCUT2D eigenvalue weighted by Gasteiger charge is -2.17. The molecule has 1 amide bonds. The molecular weight excluding hydrogens is 374 g/mol. The van der Waals surface area contributed by atoms with Crippen LogP contribution >= 0.6 is 0 Å². The third-order valence-electron chi connectivity index (χ3n) is 4.92. The lowest BCUT2D eigenvalue weighted by Crippen LogP contribution is -2.30. The molecule has 0 aliphatic rings. The van der Waals surface area contributed by atoms with Crippen molar-refractivity contribution in [2.45, 2.75) is 46.3 Å². The summed E-state index contributed by atoms with van der Waals surface area (Å²) in [5, 5.41) is 2.89. The molecule has 0 heterocycles. The molecule has 0 bridgehead atoms. The van der Waals surface area contributed by atoms with Gasteiger partial charge in [0.05, 0.1) is 0 Å². The predicted octanol–water partition coefficient (Wildman–Crippen LogP) is 6.10. The standard InChI is InChI=1S/C26H29NO3/c1-18(2)25-15-14-24(16-19(25)3)30-20(4)26(28)27-22-10-12-23(13-11-22)29-17-21-8-6-5-7-9-21/h5-16,18,20H,17H2,1-4H3,(H,27,28). The number of nitrogens with one attached hydrogen (secondary N) is 1. The van der Waals surface area contributed by atoms with Gasteiger partial charge in [-0.2, -0.15) is 0 Å². The van der Waals surface area contributed by atoms with Crippen LogP contribution in [-0.4, -0.2) is 12.0 Å². The van der Waals surface area contributed by atoms with Gasteiger partial charge >= 0.3 is 0 Å². The molecule has 3 rings (SSSR count). The van der Waals surface area contributed by atoms with E-state index in [1.165, 1.54) is 11.1 Å². The Hall–Kier alpha value is -3.27. The average molecular weight is 404 g/mol. The van der Waals surface area contributed by atoms with Gasteiger partial charge in [0.1, 0.15) is 18.1 Å². The largest absolute Gasteiger partial charge is 0.489 e. The average Bonchev–Trinajstić information content (AvgIpc) is 2.73. The highest BCUT2D eigenvalue weighted by atomic mass is 16.5. The van der Waals surface area contributed by atoms with Crippen LogP contribution in [0.4, 0.5) is 5.69 Å². The second-order valence-corrected chi connectivity index (χ2v) is 7.72. The van der Waals surface area contributed by atoms with Crippen LogP contribution in [-0.2, 0) is 11.4 Å². The molecular formula is C26H29NO3. The van der Waals surface area contributed by atoms with Gasteiger partial charge in [0.15, 0.2) is 6.10 Å². The summed E-state index contributed by atoms with van der Waals surface area (Å²) in [6.45, 7) is 8.65. The number of hydrogen-bond acceptors (Lipinski definition) is 3. The summed E-state index contributed by atoms with van der Waals surface area (Å²) in [5.41, 5.74) is 4.27. The van der Waals surface area contributed by atoms with Gasteiger partial charge < -0.3 is 14.8 Å². The maximum Gasteiger partial charge on any atom is 0.265 e. The van der Waals surface area contributed by atoms with Crippen molar-refractivity contribution in [3.05, 3.63) is 89.5 Å². The number of hydrogen-bond donors (Lipinski definition) is 1. The molecule has 0 aliphatic carbocycles. The van der Waals surface area contributed by atoms with Crippen LogP contribution in [0, 0.1) is 6.92 Å². The smallest absolute Gasteiger partial charge is 0.265 e. The first-order chi connectivity index (χ1) is 14.4. The summed E-state index contributed by atoms with van der Waals surface area (Å²) in [6, 6.07) is 23.3. The number of benzene rings is 3. The van der Waals surface area contributed by atoms with Crippen molar-refractivity contribution in [2.24, 2.45) is 0 Å². The third kappa shape index (κ3) is 5.86. The highest BCUT2D eigenvalue weighted by Gasteiger charge is 2.16. The van der Waals surface area contributed by atoms with Gasteiger partial charge in [0, 0.05) is 5.69 Å². The predicted molar refractivity (Wildman–Crippen MR) is 121 cm³/mol. The summed E-state index contributed by atoms with van der Waals surface area (Å²) in [6.07, 6.45) is -0.608. The van der Waals surface area contributed by atoms with Crippen molar-refractivity contribution in [1.29, 1.82) is 0 Å². The molecule has 0 radical (unpaired) electrons. The number of carbonyl (C=O) groups is 1. The van der Waals surface area contributed by atoms with Gasteiger partial charge in [-0.05, 0) is 72.9 Å². The van der Waals surface area contributed by atoms with E-state index in [4.69, 9.17) is 9.47 Å². The van der Waals surface area contributed by atoms with Gasteiger partial charge in [-0.15, -0.1) is 0 Å². The van der Waals surface area contributed by atoms with E-state index in [2.05, 4.69) is 32.2 Å². The first-order valence-electron chi connectivity index (χ1n) is 10.3. The number of anilines is 1. The summed E-state index contributed by atoms with van der Waals surface area (Å²) in [4.78, 5) is 12.5. The minimum Gasteiger partial charge on any atom is -0.489 e. The second-order valence-electron chi connectivity index (χ2n) is 7.72. The normalized spacial score (nSPS) is 11.8. The summed E-state index contributed by atoms with van der Waals surface area (Å²) in [5.74, 6) is 1.71. The molecule has 0 aliphatic heterocycles. The molecule has 0 aromatic heterocycles. The minimum atomic E-state index is -0.608. The quantitative estimate of drug-likeness (QED) is 0.494. The van der Waals surface area contributed by atoms with E-state index in [9.17, 15) is 4.79 Å². The van der Waals surface area contributed by atoms with Crippen molar-refractivity contribution >= 4 is 11.6 Å². The van der Waals surface area contributed by atoms with E-state index >= 15 is 0 Å². The zero-order chi connectivity index (χ0) is 21.5. The Morgan fingerprint density at radius 3 is 2.20 bits per heavy atom. The molecule has 1 unspecified atom stereocenters. The van der Waals surface area contributed by atoms with Crippen molar-refractivity contribution in [2.75, 3.05) is 5.32 Å². The molecule has 1 N–H and O–H groups in total. The molecule has 3 aromatic rings. The maximum atomic E-state index is 12.5. The number of aryl methyl sites for hydroxylation is 1. The van der Waals surface area contributed by atoms with Crippen molar-refractivity contribution in [1.82, 2.24) is 0 Å². The van der Waals surface area contributed by atoms with E-state index < -0.39 is 6.10 Å². The van der Waals surface area contributed by atoms with E-state index in [1.807, 2.05) is 66.7 Å². The zero-order valence-electron chi connectivity index (χ0n) is 18.0. The summed E-state index contributed by atoms with van der Waals surface area (Å²) >= 11 is 0. The SMILES string of the molecule is Cc1cc(OC(C)C(=O)Nc2ccc(OCc3ccccc3)cc2)ccc1C(C)C. The van der Waals surface area contributed by atoms with Crippen LogP contribution in [0.25, 0.3) is 0 Å². The van der Waals surface area contributed by atoms with Gasteiger partial charge in [-0.3, -0.25) is 4.79 Å². The lowest BCUT2D eigenvalue weighted by atomic mass is 9.98. The zero-order valence-corrected chi connectivity index (χ0v) is 18.0. The highest BCUT2D eigenvalue weighted by Crippen LogP contribution is 2.24. The number of amides is 1. The molecule has 4 nitrogen and oxygen atoms in total. The molecule has 30 heavy (non-hydrogen) atoms. The number of ether oxygens (including phenoxy) is 2. The molecule has 1 atom stereocenters. The van der Waals surface area contributed by atoms with Crippen molar-refractivity contribution < 1.29 is 14.3 Å². The van der Waals surface area contributed by atoms with Crippen LogP contribution in [0.1, 0.15) is 43.4 Å². The molecule has 0 spiro atoms. The van der Waals surface area contributed by atoms with Crippen LogP contribution in [0.5, 0.6) is 11.5 Å². The Morgan fingerprint density at radius 2 is 1.57 bits per heavy atom. The van der Waals surface area contributed by atoms with Crippen LogP contribution in [0.2, 0.25) is 0 Å². The molecule has 4 heteroatoms. The first-order valence-corrected chi connectivity index (χ1v) is 10.3. The Morgan fingerprint density at radius 1 is 0.900 bits per heavy atom. The van der Waals surface area contributed by atoms with Gasteiger partial charge in [0.25, 0.3) is 5.91 Å². The van der Waals surface area contributed by atoms with E-state index in [1.54, 1.807) is 6.92 Å². The summed E-state index contributed by atoms with van der Waals surface area (Å²) < 4.78 is 11.6. The Labute approximate surface area is 178 Å². The van der Waals surface area contributed by atoms with Gasteiger partial charge in [-0.1, -0.05) is 50.2 Å². The molecule has 0 fully saturated rings. The summed E-state index contributed by atoms with van der Waals surface area (Å²) in [7, 11) is 0. The van der Waals surface area contributed by atoms with E-state index in [0.717, 1.165) is 11.3 Å². The first kappa shape index (κ1) is 21.4. The Kier molecular flexibility index (Phi) is 7.12. The highest BCUT2D eigenvalue weighted by molar-refractivity contribution is 5.94. The molecule has 0 saturated carbocycles. The molecule has 0 saturated heterocycles. The Bertz CT molecular complexity index is 965. The number of rotatable bonds is 8. The topological polar surface area (TPSA) is 47.6 Å². The lowest BCUT2D eigenvalue weighted by molar-refractivity contribution is -0.122. The third-order valence-corrected chi connectivity index (χ3v) is 4.92. The molecule has 3 aromatic carbocycles. The molecule has 156 valence electrons. The van der Waals surface area contributed by atoms with Crippen molar-refractivity contribution in [3.63, 3.8) is 0 Å². The van der Waals surface area contributed by atoms with Crippen LogP contribution < -0.4 is 14.8 Å². The number of carbonyl (C=O) groups excluding carboxylic acids is 1. The van der Waals surface area contributed by atoms with Crippen LogP contribution in [0.15, 0.2) is 72.8 Å². The fraction of sp³-hybridized carbons (Fsp3) is 0.269.